The van der Waals surface area contributed by atoms with Gasteiger partial charge in [-0.25, -0.2) is 9.97 Å². The van der Waals surface area contributed by atoms with Gasteiger partial charge in [-0.3, -0.25) is 14.3 Å². The maximum Gasteiger partial charge on any atom is 0.221 e. The van der Waals surface area contributed by atoms with Crippen LogP contribution >= 0.6 is 11.8 Å². The number of nitrogens with one attached hydrogen (secondary N) is 3. The molecule has 178 valence electrons. The first kappa shape index (κ1) is 23.8. The van der Waals surface area contributed by atoms with Gasteiger partial charge in [-0.1, -0.05) is 25.6 Å². The standard InChI is InChI=1S/C24H30N8OS/c1-6-15(2)20-11-21(30-29-20)27-24-28-23(12-22-26-18(13-31(4)5)14-32(22)24)34-19-9-7-17(8-10-19)25-16(3)33/h7-12,14-15H,6,13H2,1-5H3,(H,25,33)(H2,27,28,29,30). The Labute approximate surface area is 203 Å². The molecule has 3 N–H and O–H groups in total. The molecule has 0 aliphatic heterocycles. The second-order valence-corrected chi connectivity index (χ2v) is 9.66. The minimum atomic E-state index is -0.0917. The molecule has 0 radical (unpaired) electrons. The lowest BCUT2D eigenvalue weighted by Crippen LogP contribution is -2.10. The lowest BCUT2D eigenvalue weighted by molar-refractivity contribution is -0.114. The quantitative estimate of drug-likeness (QED) is 0.295. The van der Waals surface area contributed by atoms with Crippen molar-refractivity contribution in [1.29, 1.82) is 0 Å². The zero-order chi connectivity index (χ0) is 24.2. The van der Waals surface area contributed by atoms with E-state index in [0.29, 0.717) is 17.7 Å². The largest absolute Gasteiger partial charge is 0.326 e. The molecule has 0 aliphatic carbocycles. The molecule has 1 amide bonds. The van der Waals surface area contributed by atoms with E-state index in [2.05, 4.69) is 39.6 Å². The normalized spacial score (nSPS) is 12.3. The maximum absolute atomic E-state index is 11.3. The molecule has 4 aromatic rings. The fraction of sp³-hybridized carbons (Fsp3) is 0.333. The Morgan fingerprint density at radius 2 is 1.97 bits per heavy atom. The number of aromatic amines is 1. The summed E-state index contributed by atoms with van der Waals surface area (Å²) in [4.78, 5) is 24.0. The highest BCUT2D eigenvalue weighted by molar-refractivity contribution is 7.99. The Morgan fingerprint density at radius 3 is 2.65 bits per heavy atom. The maximum atomic E-state index is 11.3. The SMILES string of the molecule is CCC(C)c1cc(Nc2nc(Sc3ccc(NC(C)=O)cc3)cc3nc(CN(C)C)cn23)n[nH]1. The summed E-state index contributed by atoms with van der Waals surface area (Å²) in [5.41, 5.74) is 3.62. The van der Waals surface area contributed by atoms with Crippen LogP contribution in [0.15, 0.2) is 52.5 Å². The summed E-state index contributed by atoms with van der Waals surface area (Å²) in [5.74, 6) is 1.67. The molecule has 1 unspecified atom stereocenters. The number of nitrogens with zero attached hydrogens (tertiary/aromatic N) is 5. The minimum absolute atomic E-state index is 0.0917. The molecule has 9 nitrogen and oxygen atoms in total. The van der Waals surface area contributed by atoms with E-state index >= 15 is 0 Å². The number of hydrogen-bond acceptors (Lipinski definition) is 7. The van der Waals surface area contributed by atoms with Crippen molar-refractivity contribution in [1.82, 2.24) is 29.5 Å². The molecule has 0 bridgehead atoms. The lowest BCUT2D eigenvalue weighted by Gasteiger charge is -2.09. The van der Waals surface area contributed by atoms with Gasteiger partial charge in [0.1, 0.15) is 10.7 Å². The van der Waals surface area contributed by atoms with Crippen LogP contribution in [0.3, 0.4) is 0 Å². The number of carbonyl (C=O) groups is 1. The van der Waals surface area contributed by atoms with Gasteiger partial charge in [0.25, 0.3) is 0 Å². The highest BCUT2D eigenvalue weighted by atomic mass is 32.2. The number of anilines is 3. The van der Waals surface area contributed by atoms with Gasteiger partial charge < -0.3 is 15.5 Å². The molecule has 3 heterocycles. The first-order valence-corrected chi connectivity index (χ1v) is 12.0. The predicted molar refractivity (Wildman–Crippen MR) is 136 cm³/mol. The Kier molecular flexibility index (Phi) is 7.18. The smallest absolute Gasteiger partial charge is 0.221 e. The van der Waals surface area contributed by atoms with Crippen molar-refractivity contribution < 1.29 is 4.79 Å². The van der Waals surface area contributed by atoms with Crippen molar-refractivity contribution in [3.8, 4) is 0 Å². The number of fused-ring (bicyclic) bond motifs is 1. The number of amides is 1. The van der Waals surface area contributed by atoms with Gasteiger partial charge in [-0.05, 0) is 50.7 Å². The van der Waals surface area contributed by atoms with Crippen molar-refractivity contribution in [3.63, 3.8) is 0 Å². The van der Waals surface area contributed by atoms with E-state index < -0.39 is 0 Å². The van der Waals surface area contributed by atoms with Gasteiger partial charge in [-0.15, -0.1) is 0 Å². The minimum Gasteiger partial charge on any atom is -0.326 e. The van der Waals surface area contributed by atoms with Gasteiger partial charge in [-0.2, -0.15) is 5.10 Å². The Hall–Kier alpha value is -3.37. The third-order valence-electron chi connectivity index (χ3n) is 5.34. The van der Waals surface area contributed by atoms with E-state index in [4.69, 9.17) is 9.97 Å². The summed E-state index contributed by atoms with van der Waals surface area (Å²) in [5, 5.41) is 14.5. The summed E-state index contributed by atoms with van der Waals surface area (Å²) in [7, 11) is 4.04. The van der Waals surface area contributed by atoms with Gasteiger partial charge >= 0.3 is 0 Å². The van der Waals surface area contributed by atoms with Crippen molar-refractivity contribution >= 4 is 40.8 Å². The van der Waals surface area contributed by atoms with Crippen LogP contribution in [0.1, 0.15) is 44.5 Å². The summed E-state index contributed by atoms with van der Waals surface area (Å²) >= 11 is 1.54. The second kappa shape index (κ2) is 10.3. The third-order valence-corrected chi connectivity index (χ3v) is 6.26. The van der Waals surface area contributed by atoms with Gasteiger partial charge in [0.05, 0.1) is 5.69 Å². The molecule has 0 aliphatic rings. The van der Waals surface area contributed by atoms with E-state index in [9.17, 15) is 4.79 Å². The fourth-order valence-corrected chi connectivity index (χ4v) is 4.29. The van der Waals surface area contributed by atoms with Crippen LogP contribution in [0.25, 0.3) is 5.65 Å². The molecule has 1 aromatic carbocycles. The number of carbonyl (C=O) groups excluding carboxylic acids is 1. The van der Waals surface area contributed by atoms with Crippen molar-refractivity contribution in [3.05, 3.63) is 54.0 Å². The summed E-state index contributed by atoms with van der Waals surface area (Å²) in [6.07, 6.45) is 3.04. The van der Waals surface area contributed by atoms with Crippen molar-refractivity contribution in [2.45, 2.75) is 49.6 Å². The number of aromatic nitrogens is 5. The van der Waals surface area contributed by atoms with Crippen LogP contribution in [-0.2, 0) is 11.3 Å². The Bertz CT molecular complexity index is 1280. The number of rotatable bonds is 9. The van der Waals surface area contributed by atoms with Crippen LogP contribution in [0, 0.1) is 0 Å². The van der Waals surface area contributed by atoms with Gasteiger partial charge in [0.15, 0.2) is 5.82 Å². The Balaban J connectivity index is 1.65. The monoisotopic (exact) mass is 478 g/mol. The second-order valence-electron chi connectivity index (χ2n) is 8.57. The van der Waals surface area contributed by atoms with E-state index in [0.717, 1.165) is 45.6 Å². The van der Waals surface area contributed by atoms with E-state index in [1.807, 2.05) is 61.1 Å². The van der Waals surface area contributed by atoms with Crippen LogP contribution in [0.4, 0.5) is 17.5 Å². The van der Waals surface area contributed by atoms with Gasteiger partial charge in [0.2, 0.25) is 11.9 Å². The molecule has 3 aromatic heterocycles. The molecule has 0 saturated heterocycles. The molecule has 0 fully saturated rings. The number of hydrogen-bond donors (Lipinski definition) is 3. The third kappa shape index (κ3) is 5.75. The highest BCUT2D eigenvalue weighted by Crippen LogP contribution is 2.30. The molecule has 4 rings (SSSR count). The molecule has 34 heavy (non-hydrogen) atoms. The predicted octanol–water partition coefficient (Wildman–Crippen LogP) is 4.88. The van der Waals surface area contributed by atoms with E-state index in [1.54, 1.807) is 0 Å². The molecule has 10 heteroatoms. The average Bonchev–Trinajstić information content (AvgIpc) is 3.40. The topological polar surface area (TPSA) is 103 Å². The molecule has 0 saturated carbocycles. The number of benzene rings is 1. The molecule has 1 atom stereocenters. The van der Waals surface area contributed by atoms with Gasteiger partial charge in [0, 0.05) is 48.1 Å². The number of imidazole rings is 1. The van der Waals surface area contributed by atoms with Crippen LogP contribution < -0.4 is 10.6 Å². The van der Waals surface area contributed by atoms with Crippen LogP contribution in [-0.4, -0.2) is 49.5 Å². The summed E-state index contributed by atoms with van der Waals surface area (Å²) < 4.78 is 1.96. The first-order valence-electron chi connectivity index (χ1n) is 11.2. The van der Waals surface area contributed by atoms with Crippen molar-refractivity contribution in [2.75, 3.05) is 24.7 Å². The first-order chi connectivity index (χ1) is 16.3. The lowest BCUT2D eigenvalue weighted by atomic mass is 10.1. The molecular weight excluding hydrogens is 448 g/mol. The average molecular weight is 479 g/mol. The summed E-state index contributed by atoms with van der Waals surface area (Å²) in [6, 6.07) is 11.7. The highest BCUT2D eigenvalue weighted by Gasteiger charge is 2.14. The summed E-state index contributed by atoms with van der Waals surface area (Å²) in [6.45, 7) is 6.56. The van der Waals surface area contributed by atoms with E-state index in [-0.39, 0.29) is 5.91 Å². The fourth-order valence-electron chi connectivity index (χ4n) is 3.48. The van der Waals surface area contributed by atoms with Crippen molar-refractivity contribution in [2.24, 2.45) is 0 Å². The van der Waals surface area contributed by atoms with E-state index in [1.165, 1.54) is 18.7 Å². The zero-order valence-electron chi connectivity index (χ0n) is 20.1. The van der Waals surface area contributed by atoms with Crippen LogP contribution in [0.5, 0.6) is 0 Å². The molecular formula is C24H30N8OS. The number of H-pyrrole nitrogens is 1. The van der Waals surface area contributed by atoms with Crippen LogP contribution in [0.2, 0.25) is 0 Å². The Morgan fingerprint density at radius 1 is 1.21 bits per heavy atom. The molecule has 0 spiro atoms. The zero-order valence-corrected chi connectivity index (χ0v) is 20.9.